The molecule has 3 aliphatic rings. The zero-order valence-corrected chi connectivity index (χ0v) is 19.2. The van der Waals surface area contributed by atoms with Crippen LogP contribution in [0.5, 0.6) is 0 Å². The number of nitrogens with one attached hydrogen (secondary N) is 1. The summed E-state index contributed by atoms with van der Waals surface area (Å²) >= 11 is 0. The van der Waals surface area contributed by atoms with Gasteiger partial charge < -0.3 is 15.2 Å². The minimum absolute atomic E-state index is 0.271. The van der Waals surface area contributed by atoms with E-state index in [-0.39, 0.29) is 5.91 Å². The second kappa shape index (κ2) is 9.97. The molecular formula is C25H33N7O. The molecule has 174 valence electrons. The minimum atomic E-state index is 0.271. The molecule has 1 aromatic heterocycles. The number of benzene rings is 1. The van der Waals surface area contributed by atoms with Crippen molar-refractivity contribution in [2.75, 3.05) is 63.8 Å². The third kappa shape index (κ3) is 5.07. The standard InChI is InChI=1S/C25H33N7O/c26-18-20-3-1-4-21(17-20)23-7-8-24(28-27-23)31-11-9-29(10-12-31)19-25(33)32-15-13-30(14-16-32)22-5-2-6-22/h1,3-4,7-8,17-18,22,26H,2,5-6,9-16,19H2. The third-order valence-electron chi connectivity index (χ3n) is 7.31. The molecule has 2 saturated heterocycles. The van der Waals surface area contributed by atoms with Crippen LogP contribution in [-0.2, 0) is 4.79 Å². The maximum Gasteiger partial charge on any atom is 0.236 e. The van der Waals surface area contributed by atoms with Crippen LogP contribution < -0.4 is 4.90 Å². The first kappa shape index (κ1) is 22.0. The second-order valence-electron chi connectivity index (χ2n) is 9.31. The lowest BCUT2D eigenvalue weighted by molar-refractivity contribution is -0.134. The van der Waals surface area contributed by atoms with Crippen LogP contribution in [0.4, 0.5) is 5.82 Å². The molecule has 0 radical (unpaired) electrons. The van der Waals surface area contributed by atoms with E-state index in [0.29, 0.717) is 6.54 Å². The number of piperazine rings is 2. The van der Waals surface area contributed by atoms with Gasteiger partial charge in [0.25, 0.3) is 0 Å². The summed E-state index contributed by atoms with van der Waals surface area (Å²) in [6.45, 7) is 7.75. The molecule has 0 atom stereocenters. The Morgan fingerprint density at radius 3 is 2.39 bits per heavy atom. The summed E-state index contributed by atoms with van der Waals surface area (Å²) in [7, 11) is 0. The Morgan fingerprint density at radius 1 is 0.970 bits per heavy atom. The van der Waals surface area contributed by atoms with E-state index in [9.17, 15) is 4.79 Å². The van der Waals surface area contributed by atoms with Gasteiger partial charge in [0.1, 0.15) is 0 Å². The lowest BCUT2D eigenvalue weighted by Crippen LogP contribution is -2.56. The first-order valence-corrected chi connectivity index (χ1v) is 12.1. The van der Waals surface area contributed by atoms with Gasteiger partial charge in [0.2, 0.25) is 5.91 Å². The van der Waals surface area contributed by atoms with Gasteiger partial charge >= 0.3 is 0 Å². The molecule has 1 amide bonds. The van der Waals surface area contributed by atoms with Crippen molar-refractivity contribution < 1.29 is 4.79 Å². The van der Waals surface area contributed by atoms with Gasteiger partial charge in [0.05, 0.1) is 12.2 Å². The monoisotopic (exact) mass is 447 g/mol. The van der Waals surface area contributed by atoms with Crippen molar-refractivity contribution in [3.05, 3.63) is 42.0 Å². The highest BCUT2D eigenvalue weighted by atomic mass is 16.2. The van der Waals surface area contributed by atoms with E-state index in [2.05, 4.69) is 29.8 Å². The Balaban J connectivity index is 1.09. The average molecular weight is 448 g/mol. The molecule has 3 fully saturated rings. The van der Waals surface area contributed by atoms with E-state index >= 15 is 0 Å². The highest BCUT2D eigenvalue weighted by Gasteiger charge is 2.30. The number of anilines is 1. The summed E-state index contributed by atoms with van der Waals surface area (Å²) in [6, 6.07) is 12.5. The van der Waals surface area contributed by atoms with Gasteiger partial charge in [-0.2, -0.15) is 0 Å². The topological polar surface area (TPSA) is 79.7 Å². The fourth-order valence-electron chi connectivity index (χ4n) is 4.95. The Kier molecular flexibility index (Phi) is 6.64. The van der Waals surface area contributed by atoms with E-state index in [1.165, 1.54) is 25.5 Å². The van der Waals surface area contributed by atoms with Crippen molar-refractivity contribution in [3.63, 3.8) is 0 Å². The van der Waals surface area contributed by atoms with Crippen molar-refractivity contribution in [1.82, 2.24) is 24.9 Å². The van der Waals surface area contributed by atoms with Crippen LogP contribution in [0, 0.1) is 5.41 Å². The molecule has 8 nitrogen and oxygen atoms in total. The molecular weight excluding hydrogens is 414 g/mol. The largest absolute Gasteiger partial charge is 0.353 e. The van der Waals surface area contributed by atoms with Gasteiger partial charge in [-0.15, -0.1) is 10.2 Å². The molecule has 0 spiro atoms. The first-order valence-electron chi connectivity index (χ1n) is 12.1. The second-order valence-corrected chi connectivity index (χ2v) is 9.31. The molecule has 33 heavy (non-hydrogen) atoms. The molecule has 1 saturated carbocycles. The SMILES string of the molecule is N=Cc1cccc(-c2ccc(N3CCN(CC(=O)N4CCN(C5CCC5)CC4)CC3)nn2)c1. The maximum absolute atomic E-state index is 12.8. The van der Waals surface area contributed by atoms with E-state index in [1.54, 1.807) is 0 Å². The fraction of sp³-hybridized carbons (Fsp3) is 0.520. The molecule has 1 aliphatic carbocycles. The van der Waals surface area contributed by atoms with Crippen molar-refractivity contribution in [3.8, 4) is 11.3 Å². The van der Waals surface area contributed by atoms with Gasteiger partial charge in [0.15, 0.2) is 5.82 Å². The van der Waals surface area contributed by atoms with E-state index in [4.69, 9.17) is 5.41 Å². The van der Waals surface area contributed by atoms with Crippen LogP contribution in [0.15, 0.2) is 36.4 Å². The smallest absolute Gasteiger partial charge is 0.236 e. The van der Waals surface area contributed by atoms with Crippen LogP contribution in [-0.4, -0.2) is 102 Å². The summed E-state index contributed by atoms with van der Waals surface area (Å²) in [5.41, 5.74) is 2.63. The minimum Gasteiger partial charge on any atom is -0.353 e. The average Bonchev–Trinajstić information content (AvgIpc) is 2.84. The van der Waals surface area contributed by atoms with Crippen LogP contribution in [0.1, 0.15) is 24.8 Å². The predicted octanol–water partition coefficient (Wildman–Crippen LogP) is 1.96. The lowest BCUT2D eigenvalue weighted by Gasteiger charge is -2.43. The van der Waals surface area contributed by atoms with E-state index in [0.717, 1.165) is 81.0 Å². The molecule has 3 heterocycles. The van der Waals surface area contributed by atoms with Crippen molar-refractivity contribution >= 4 is 17.9 Å². The lowest BCUT2D eigenvalue weighted by atomic mass is 9.91. The molecule has 0 unspecified atom stereocenters. The van der Waals surface area contributed by atoms with Gasteiger partial charge in [-0.05, 0) is 36.6 Å². The Hall–Kier alpha value is -2.84. The predicted molar refractivity (Wildman–Crippen MR) is 130 cm³/mol. The van der Waals surface area contributed by atoms with E-state index in [1.807, 2.05) is 36.4 Å². The van der Waals surface area contributed by atoms with Crippen molar-refractivity contribution in [2.24, 2.45) is 0 Å². The number of nitrogens with zero attached hydrogens (tertiary/aromatic N) is 6. The molecule has 8 heteroatoms. The number of hydrogen-bond acceptors (Lipinski definition) is 7. The van der Waals surface area contributed by atoms with Gasteiger partial charge in [-0.25, -0.2) is 0 Å². The Labute approximate surface area is 195 Å². The summed E-state index contributed by atoms with van der Waals surface area (Å²) in [5.74, 6) is 1.15. The fourth-order valence-corrected chi connectivity index (χ4v) is 4.95. The van der Waals surface area contributed by atoms with Crippen LogP contribution in [0.3, 0.4) is 0 Å². The third-order valence-corrected chi connectivity index (χ3v) is 7.31. The van der Waals surface area contributed by atoms with Crippen LogP contribution in [0.25, 0.3) is 11.3 Å². The Morgan fingerprint density at radius 2 is 1.76 bits per heavy atom. The van der Waals surface area contributed by atoms with Gasteiger partial charge in [-0.1, -0.05) is 24.6 Å². The summed E-state index contributed by atoms with van der Waals surface area (Å²) in [6.07, 6.45) is 5.38. The Bertz CT molecular complexity index is 959. The van der Waals surface area contributed by atoms with Gasteiger partial charge in [-0.3, -0.25) is 14.6 Å². The van der Waals surface area contributed by atoms with Gasteiger partial charge in [0, 0.05) is 70.2 Å². The number of hydrogen-bond donors (Lipinski definition) is 1. The molecule has 2 aromatic rings. The number of rotatable bonds is 6. The first-order chi connectivity index (χ1) is 16.2. The van der Waals surface area contributed by atoms with Crippen molar-refractivity contribution in [2.45, 2.75) is 25.3 Å². The number of carbonyl (C=O) groups excluding carboxylic acids is 1. The zero-order valence-electron chi connectivity index (χ0n) is 19.2. The molecule has 1 N–H and O–H groups in total. The summed E-state index contributed by atoms with van der Waals surface area (Å²) in [5, 5.41) is 16.3. The van der Waals surface area contributed by atoms with Crippen LogP contribution in [0.2, 0.25) is 0 Å². The molecule has 2 aliphatic heterocycles. The number of amides is 1. The number of carbonyl (C=O) groups is 1. The number of aromatic nitrogens is 2. The van der Waals surface area contributed by atoms with Crippen molar-refractivity contribution in [1.29, 1.82) is 5.41 Å². The molecule has 5 rings (SSSR count). The van der Waals surface area contributed by atoms with E-state index < -0.39 is 0 Å². The molecule has 0 bridgehead atoms. The molecule has 1 aromatic carbocycles. The summed E-state index contributed by atoms with van der Waals surface area (Å²) in [4.78, 5) is 21.9. The highest BCUT2D eigenvalue weighted by Crippen LogP contribution is 2.25. The normalized spacial score (nSPS) is 20.5. The quantitative estimate of drug-likeness (QED) is 0.682. The van der Waals surface area contributed by atoms with Crippen LogP contribution >= 0.6 is 0 Å². The summed E-state index contributed by atoms with van der Waals surface area (Å²) < 4.78 is 0. The highest BCUT2D eigenvalue weighted by molar-refractivity contribution is 5.80. The maximum atomic E-state index is 12.8. The zero-order chi connectivity index (χ0) is 22.6.